The van der Waals surface area contributed by atoms with Gasteiger partial charge in [-0.3, -0.25) is 4.79 Å². The second kappa shape index (κ2) is 6.03. The molecule has 0 saturated heterocycles. The molecule has 2 aliphatic carbocycles. The smallest absolute Gasteiger partial charge is 0.223 e. The van der Waals surface area contributed by atoms with E-state index in [2.05, 4.69) is 41.2 Å². The number of nitrogens with one attached hydrogen (secondary N) is 1. The zero-order valence-corrected chi connectivity index (χ0v) is 14.0. The second-order valence-corrected chi connectivity index (χ2v) is 7.28. The molecule has 2 aromatic rings. The minimum atomic E-state index is 0.262. The van der Waals surface area contributed by atoms with Crippen LogP contribution >= 0.6 is 0 Å². The maximum Gasteiger partial charge on any atom is 0.223 e. The minimum absolute atomic E-state index is 0.262. The van der Waals surface area contributed by atoms with Crippen molar-refractivity contribution in [2.45, 2.75) is 57.4 Å². The quantitative estimate of drug-likeness (QED) is 0.901. The molecule has 2 aliphatic rings. The standard InChI is InChI=1S/C20H26N2O/c1-22-18-10-6-5-9-16(18)17-13-15(11-12-19(17)22)21-20(23)14-7-3-2-4-8-14/h5-6,9-10,14-15H,2-4,7-8,11-13H2,1H3,(H,21,23). The van der Waals surface area contributed by atoms with Crippen LogP contribution in [0.25, 0.3) is 10.9 Å². The summed E-state index contributed by atoms with van der Waals surface area (Å²) in [5, 5.41) is 4.72. The summed E-state index contributed by atoms with van der Waals surface area (Å²) in [6, 6.07) is 8.95. The van der Waals surface area contributed by atoms with Gasteiger partial charge in [-0.2, -0.15) is 0 Å². The molecule has 3 heteroatoms. The lowest BCUT2D eigenvalue weighted by Crippen LogP contribution is -2.42. The number of aromatic nitrogens is 1. The molecule has 122 valence electrons. The zero-order chi connectivity index (χ0) is 15.8. The van der Waals surface area contributed by atoms with Gasteiger partial charge in [0.05, 0.1) is 0 Å². The van der Waals surface area contributed by atoms with Crippen LogP contribution < -0.4 is 5.32 Å². The lowest BCUT2D eigenvalue weighted by molar-refractivity contribution is -0.126. The summed E-state index contributed by atoms with van der Waals surface area (Å²) in [5.41, 5.74) is 4.22. The number of nitrogens with zero attached hydrogens (tertiary/aromatic N) is 1. The molecular formula is C20H26N2O. The number of hydrogen-bond acceptors (Lipinski definition) is 1. The van der Waals surface area contributed by atoms with E-state index in [9.17, 15) is 4.79 Å². The summed E-state index contributed by atoms with van der Waals surface area (Å²) in [4.78, 5) is 12.5. The van der Waals surface area contributed by atoms with Crippen LogP contribution in [0.1, 0.15) is 49.8 Å². The Hall–Kier alpha value is -1.77. The van der Waals surface area contributed by atoms with E-state index in [0.717, 1.165) is 32.1 Å². The summed E-state index contributed by atoms with van der Waals surface area (Å²) < 4.78 is 2.34. The Bertz CT molecular complexity index is 725. The van der Waals surface area contributed by atoms with Crippen molar-refractivity contribution >= 4 is 16.8 Å². The van der Waals surface area contributed by atoms with Crippen molar-refractivity contribution in [1.29, 1.82) is 0 Å². The fourth-order valence-corrected chi connectivity index (χ4v) is 4.54. The predicted octanol–water partition coefficient (Wildman–Crippen LogP) is 3.73. The fourth-order valence-electron chi connectivity index (χ4n) is 4.54. The van der Waals surface area contributed by atoms with Gasteiger partial charge in [0.2, 0.25) is 5.91 Å². The van der Waals surface area contributed by atoms with Crippen molar-refractivity contribution < 1.29 is 4.79 Å². The molecule has 1 fully saturated rings. The molecule has 0 spiro atoms. The normalized spacial score (nSPS) is 22.0. The van der Waals surface area contributed by atoms with Gasteiger partial charge in [-0.15, -0.1) is 0 Å². The first-order valence-corrected chi connectivity index (χ1v) is 9.09. The molecular weight excluding hydrogens is 284 g/mol. The molecule has 23 heavy (non-hydrogen) atoms. The number of amides is 1. The Kier molecular flexibility index (Phi) is 3.88. The third-order valence-corrected chi connectivity index (χ3v) is 5.85. The highest BCUT2D eigenvalue weighted by Gasteiger charge is 2.28. The van der Waals surface area contributed by atoms with Crippen LogP contribution in [0.15, 0.2) is 24.3 Å². The molecule has 1 N–H and O–H groups in total. The monoisotopic (exact) mass is 310 g/mol. The number of para-hydroxylation sites is 1. The van der Waals surface area contributed by atoms with Crippen LogP contribution in [-0.2, 0) is 24.7 Å². The number of aryl methyl sites for hydroxylation is 1. The number of carbonyl (C=O) groups excluding carboxylic acids is 1. The number of carbonyl (C=O) groups is 1. The van der Waals surface area contributed by atoms with E-state index in [1.165, 1.54) is 41.4 Å². The highest BCUT2D eigenvalue weighted by atomic mass is 16.1. The van der Waals surface area contributed by atoms with E-state index in [4.69, 9.17) is 0 Å². The number of fused-ring (bicyclic) bond motifs is 3. The summed E-state index contributed by atoms with van der Waals surface area (Å²) in [7, 11) is 2.17. The van der Waals surface area contributed by atoms with Gasteiger partial charge in [0.1, 0.15) is 0 Å². The molecule has 1 atom stereocenters. The van der Waals surface area contributed by atoms with Crippen LogP contribution in [0, 0.1) is 5.92 Å². The van der Waals surface area contributed by atoms with Crippen molar-refractivity contribution in [3.8, 4) is 0 Å². The van der Waals surface area contributed by atoms with Gasteiger partial charge < -0.3 is 9.88 Å². The number of hydrogen-bond donors (Lipinski definition) is 1. The Morgan fingerprint density at radius 2 is 1.91 bits per heavy atom. The van der Waals surface area contributed by atoms with Gasteiger partial charge in [0, 0.05) is 35.6 Å². The minimum Gasteiger partial charge on any atom is -0.353 e. The van der Waals surface area contributed by atoms with E-state index in [1.807, 2.05) is 0 Å². The Morgan fingerprint density at radius 1 is 1.13 bits per heavy atom. The molecule has 0 aliphatic heterocycles. The first-order valence-electron chi connectivity index (χ1n) is 9.09. The van der Waals surface area contributed by atoms with Crippen LogP contribution in [0.3, 0.4) is 0 Å². The largest absolute Gasteiger partial charge is 0.353 e. The summed E-state index contributed by atoms with van der Waals surface area (Å²) >= 11 is 0. The van der Waals surface area contributed by atoms with Crippen molar-refractivity contribution in [2.24, 2.45) is 13.0 Å². The van der Waals surface area contributed by atoms with Gasteiger partial charge in [0.25, 0.3) is 0 Å². The summed E-state index contributed by atoms with van der Waals surface area (Å²) in [5.74, 6) is 0.566. The van der Waals surface area contributed by atoms with Gasteiger partial charge >= 0.3 is 0 Å². The van der Waals surface area contributed by atoms with Crippen LogP contribution in [0.2, 0.25) is 0 Å². The third kappa shape index (κ3) is 2.66. The van der Waals surface area contributed by atoms with Gasteiger partial charge in [-0.1, -0.05) is 37.5 Å². The molecule has 1 amide bonds. The molecule has 1 unspecified atom stereocenters. The van der Waals surface area contributed by atoms with E-state index in [1.54, 1.807) is 0 Å². The maximum atomic E-state index is 12.5. The molecule has 0 bridgehead atoms. The molecule has 1 aromatic carbocycles. The molecule has 3 nitrogen and oxygen atoms in total. The summed E-state index contributed by atoms with van der Waals surface area (Å²) in [6.45, 7) is 0. The molecule has 4 rings (SSSR count). The molecule has 1 saturated carbocycles. The fraction of sp³-hybridized carbons (Fsp3) is 0.550. The third-order valence-electron chi connectivity index (χ3n) is 5.85. The van der Waals surface area contributed by atoms with Crippen LogP contribution in [0.5, 0.6) is 0 Å². The van der Waals surface area contributed by atoms with E-state index in [-0.39, 0.29) is 5.92 Å². The average Bonchev–Trinajstić information content (AvgIpc) is 2.89. The molecule has 1 aromatic heterocycles. The van der Waals surface area contributed by atoms with Gasteiger partial charge in [0.15, 0.2) is 0 Å². The maximum absolute atomic E-state index is 12.5. The van der Waals surface area contributed by atoms with Crippen molar-refractivity contribution in [1.82, 2.24) is 9.88 Å². The SMILES string of the molecule is Cn1c2c(c3ccccc31)CC(NC(=O)C1CCCCC1)CC2. The first-order chi connectivity index (χ1) is 11.2. The predicted molar refractivity (Wildman–Crippen MR) is 93.4 cm³/mol. The first kappa shape index (κ1) is 14.8. The zero-order valence-electron chi connectivity index (χ0n) is 14.0. The Morgan fingerprint density at radius 3 is 2.74 bits per heavy atom. The van der Waals surface area contributed by atoms with Gasteiger partial charge in [-0.25, -0.2) is 0 Å². The Labute approximate surface area is 138 Å². The van der Waals surface area contributed by atoms with E-state index < -0.39 is 0 Å². The lowest BCUT2D eigenvalue weighted by atomic mass is 9.87. The van der Waals surface area contributed by atoms with Crippen molar-refractivity contribution in [2.75, 3.05) is 0 Å². The number of rotatable bonds is 2. The molecule has 1 heterocycles. The second-order valence-electron chi connectivity index (χ2n) is 7.28. The van der Waals surface area contributed by atoms with E-state index in [0.29, 0.717) is 11.9 Å². The summed E-state index contributed by atoms with van der Waals surface area (Å²) in [6.07, 6.45) is 9.01. The molecule has 0 radical (unpaired) electrons. The van der Waals surface area contributed by atoms with Crippen LogP contribution in [0.4, 0.5) is 0 Å². The average molecular weight is 310 g/mol. The lowest BCUT2D eigenvalue weighted by Gasteiger charge is -2.28. The Balaban J connectivity index is 1.52. The van der Waals surface area contributed by atoms with Crippen molar-refractivity contribution in [3.05, 3.63) is 35.5 Å². The van der Waals surface area contributed by atoms with Gasteiger partial charge in [-0.05, 0) is 43.7 Å². The highest BCUT2D eigenvalue weighted by Crippen LogP contribution is 2.32. The number of benzene rings is 1. The van der Waals surface area contributed by atoms with Crippen LogP contribution in [-0.4, -0.2) is 16.5 Å². The topological polar surface area (TPSA) is 34.0 Å². The van der Waals surface area contributed by atoms with E-state index >= 15 is 0 Å². The highest BCUT2D eigenvalue weighted by molar-refractivity contribution is 5.86. The van der Waals surface area contributed by atoms with Crippen molar-refractivity contribution in [3.63, 3.8) is 0 Å².